The second-order valence-electron chi connectivity index (χ2n) is 6.41. The number of nitrogens with zero attached hydrogens (tertiary/aromatic N) is 4. The molecule has 0 aromatic carbocycles. The molecule has 2 aromatic heterocycles. The summed E-state index contributed by atoms with van der Waals surface area (Å²) in [4.78, 5) is 19.1. The summed E-state index contributed by atoms with van der Waals surface area (Å²) in [5.41, 5.74) is 0.598. The first kappa shape index (κ1) is 16.5. The van der Waals surface area contributed by atoms with Crippen molar-refractivity contribution in [2.45, 2.75) is 45.2 Å². The maximum absolute atomic E-state index is 12.3. The van der Waals surface area contributed by atoms with Gasteiger partial charge in [0.25, 0.3) is 5.91 Å². The number of anilines is 1. The molecule has 1 atom stereocenters. The molecule has 0 bridgehead atoms. The molecule has 24 heavy (non-hydrogen) atoms. The minimum atomic E-state index is -0.0930. The maximum Gasteiger partial charge on any atom is 0.253 e. The Morgan fingerprint density at radius 2 is 2.04 bits per heavy atom. The second-order valence-corrected chi connectivity index (χ2v) is 6.41. The molecule has 1 aliphatic heterocycles. The zero-order chi connectivity index (χ0) is 16.8. The van der Waals surface area contributed by atoms with Gasteiger partial charge in [-0.25, -0.2) is 4.98 Å². The van der Waals surface area contributed by atoms with E-state index in [2.05, 4.69) is 20.3 Å². The van der Waals surface area contributed by atoms with Crippen LogP contribution in [-0.4, -0.2) is 39.8 Å². The van der Waals surface area contributed by atoms with Crippen LogP contribution in [-0.2, 0) is 6.54 Å². The van der Waals surface area contributed by atoms with Crippen molar-refractivity contribution in [1.82, 2.24) is 20.1 Å². The van der Waals surface area contributed by atoms with E-state index >= 15 is 0 Å². The van der Waals surface area contributed by atoms with Gasteiger partial charge in [-0.2, -0.15) is 5.10 Å². The highest BCUT2D eigenvalue weighted by atomic mass is 16.1. The molecule has 1 aliphatic rings. The number of rotatable bonds is 5. The van der Waals surface area contributed by atoms with Crippen molar-refractivity contribution >= 4 is 11.7 Å². The molecule has 3 heterocycles. The summed E-state index contributed by atoms with van der Waals surface area (Å²) in [6.07, 6.45) is 10.3. The number of carbonyl (C=O) groups is 1. The van der Waals surface area contributed by atoms with Crippen LogP contribution in [0.3, 0.4) is 0 Å². The first-order valence-corrected chi connectivity index (χ1v) is 8.71. The van der Waals surface area contributed by atoms with Crippen LogP contribution in [0.2, 0.25) is 0 Å². The molecule has 128 valence electrons. The predicted octanol–water partition coefficient (Wildman–Crippen LogP) is 2.48. The quantitative estimate of drug-likeness (QED) is 0.916. The number of aromatic nitrogens is 3. The van der Waals surface area contributed by atoms with Gasteiger partial charge in [0.1, 0.15) is 5.82 Å². The Morgan fingerprint density at radius 3 is 2.67 bits per heavy atom. The standard InChI is InChI=1S/C18H25N5O/c1-15(14-23-12-6-9-20-23)21-18(24)16-7-8-17(19-13-16)22-10-4-2-3-5-11-22/h6-9,12-13,15H,2-5,10-11,14H2,1H3,(H,21,24). The van der Waals surface area contributed by atoms with Crippen LogP contribution < -0.4 is 10.2 Å². The van der Waals surface area contributed by atoms with Gasteiger partial charge in [-0.1, -0.05) is 12.8 Å². The molecule has 6 nitrogen and oxygen atoms in total. The summed E-state index contributed by atoms with van der Waals surface area (Å²) in [6, 6.07) is 5.70. The number of hydrogen-bond donors (Lipinski definition) is 1. The monoisotopic (exact) mass is 327 g/mol. The van der Waals surface area contributed by atoms with Crippen LogP contribution in [0, 0.1) is 0 Å². The highest BCUT2D eigenvalue weighted by molar-refractivity contribution is 5.94. The number of pyridine rings is 1. The maximum atomic E-state index is 12.3. The molecule has 0 spiro atoms. The minimum Gasteiger partial charge on any atom is -0.357 e. The normalized spacial score (nSPS) is 16.5. The van der Waals surface area contributed by atoms with E-state index in [1.807, 2.05) is 36.0 Å². The summed E-state index contributed by atoms with van der Waals surface area (Å²) in [6.45, 7) is 4.73. The van der Waals surface area contributed by atoms with Crippen LogP contribution in [0.4, 0.5) is 5.82 Å². The Bertz CT molecular complexity index is 630. The highest BCUT2D eigenvalue weighted by Gasteiger charge is 2.14. The molecule has 0 radical (unpaired) electrons. The molecule has 1 amide bonds. The fraction of sp³-hybridized carbons (Fsp3) is 0.500. The van der Waals surface area contributed by atoms with Crippen molar-refractivity contribution in [2.75, 3.05) is 18.0 Å². The molecule has 3 rings (SSSR count). The molecule has 0 saturated carbocycles. The van der Waals surface area contributed by atoms with Crippen molar-refractivity contribution in [1.29, 1.82) is 0 Å². The minimum absolute atomic E-state index is 0.00248. The van der Waals surface area contributed by atoms with Gasteiger partial charge in [0.05, 0.1) is 12.1 Å². The molecule has 0 aliphatic carbocycles. The average Bonchev–Trinajstić information content (AvgIpc) is 2.94. The summed E-state index contributed by atoms with van der Waals surface area (Å²) >= 11 is 0. The van der Waals surface area contributed by atoms with Crippen molar-refractivity contribution < 1.29 is 4.79 Å². The summed E-state index contributed by atoms with van der Waals surface area (Å²) in [7, 11) is 0. The fourth-order valence-corrected chi connectivity index (χ4v) is 3.05. The first-order valence-electron chi connectivity index (χ1n) is 8.71. The number of carbonyl (C=O) groups excluding carboxylic acids is 1. The van der Waals surface area contributed by atoms with E-state index in [0.29, 0.717) is 12.1 Å². The lowest BCUT2D eigenvalue weighted by Crippen LogP contribution is -2.36. The summed E-state index contributed by atoms with van der Waals surface area (Å²) < 4.78 is 1.81. The molecular formula is C18H25N5O. The van der Waals surface area contributed by atoms with Crippen molar-refractivity contribution in [3.8, 4) is 0 Å². The smallest absolute Gasteiger partial charge is 0.253 e. The average molecular weight is 327 g/mol. The third-order valence-electron chi connectivity index (χ3n) is 4.34. The lowest BCUT2D eigenvalue weighted by atomic mass is 10.2. The largest absolute Gasteiger partial charge is 0.357 e. The molecule has 1 N–H and O–H groups in total. The fourth-order valence-electron chi connectivity index (χ4n) is 3.05. The Labute approximate surface area is 142 Å². The SMILES string of the molecule is CC(Cn1cccn1)NC(=O)c1ccc(N2CCCCCC2)nc1. The van der Waals surface area contributed by atoms with E-state index in [1.54, 1.807) is 12.4 Å². The van der Waals surface area contributed by atoms with Gasteiger partial charge in [-0.05, 0) is 38.0 Å². The van der Waals surface area contributed by atoms with Gasteiger partial charge in [-0.3, -0.25) is 9.48 Å². The van der Waals surface area contributed by atoms with Gasteiger partial charge in [-0.15, -0.1) is 0 Å². The van der Waals surface area contributed by atoms with Gasteiger partial charge < -0.3 is 10.2 Å². The molecule has 6 heteroatoms. The topological polar surface area (TPSA) is 63.1 Å². The van der Waals surface area contributed by atoms with Crippen LogP contribution in [0.25, 0.3) is 0 Å². The van der Waals surface area contributed by atoms with E-state index < -0.39 is 0 Å². The van der Waals surface area contributed by atoms with Crippen molar-refractivity contribution in [2.24, 2.45) is 0 Å². The van der Waals surface area contributed by atoms with Gasteiger partial charge >= 0.3 is 0 Å². The zero-order valence-electron chi connectivity index (χ0n) is 14.2. The molecular weight excluding hydrogens is 302 g/mol. The Hall–Kier alpha value is -2.37. The van der Waals surface area contributed by atoms with Crippen molar-refractivity contribution in [3.63, 3.8) is 0 Å². The van der Waals surface area contributed by atoms with Gasteiger partial charge in [0.15, 0.2) is 0 Å². The first-order chi connectivity index (χ1) is 11.7. The molecule has 2 aromatic rings. The molecule has 1 fully saturated rings. The Balaban J connectivity index is 1.57. The molecule has 1 unspecified atom stereocenters. The third kappa shape index (κ3) is 4.34. The van der Waals surface area contributed by atoms with Crippen LogP contribution in [0.5, 0.6) is 0 Å². The van der Waals surface area contributed by atoms with Crippen molar-refractivity contribution in [3.05, 3.63) is 42.4 Å². The Kier molecular flexibility index (Phi) is 5.46. The molecule has 1 saturated heterocycles. The summed E-state index contributed by atoms with van der Waals surface area (Å²) in [5.74, 6) is 0.877. The van der Waals surface area contributed by atoms with E-state index in [-0.39, 0.29) is 11.9 Å². The predicted molar refractivity (Wildman–Crippen MR) is 94.1 cm³/mol. The zero-order valence-corrected chi connectivity index (χ0v) is 14.2. The van der Waals surface area contributed by atoms with E-state index in [4.69, 9.17) is 0 Å². The third-order valence-corrected chi connectivity index (χ3v) is 4.34. The second kappa shape index (κ2) is 7.95. The van der Waals surface area contributed by atoms with E-state index in [9.17, 15) is 4.79 Å². The lowest BCUT2D eigenvalue weighted by Gasteiger charge is -2.21. The highest BCUT2D eigenvalue weighted by Crippen LogP contribution is 2.17. The van der Waals surface area contributed by atoms with Crippen LogP contribution >= 0.6 is 0 Å². The summed E-state index contributed by atoms with van der Waals surface area (Å²) in [5, 5.41) is 7.14. The van der Waals surface area contributed by atoms with E-state index in [0.717, 1.165) is 18.9 Å². The Morgan fingerprint density at radius 1 is 1.25 bits per heavy atom. The number of nitrogens with one attached hydrogen (secondary N) is 1. The number of amides is 1. The van der Waals surface area contributed by atoms with Gasteiger partial charge in [0.2, 0.25) is 0 Å². The number of hydrogen-bond acceptors (Lipinski definition) is 4. The van der Waals surface area contributed by atoms with Crippen LogP contribution in [0.1, 0.15) is 43.0 Å². The van der Waals surface area contributed by atoms with Crippen LogP contribution in [0.15, 0.2) is 36.8 Å². The van der Waals surface area contributed by atoms with Gasteiger partial charge in [0, 0.05) is 37.7 Å². The van der Waals surface area contributed by atoms with E-state index in [1.165, 1.54) is 25.7 Å². The lowest BCUT2D eigenvalue weighted by molar-refractivity contribution is 0.0935.